The highest BCUT2D eigenvalue weighted by Crippen LogP contribution is 2.56. The molecule has 18 aromatic rings. The quantitative estimate of drug-likeness (QED) is 0.127. The second-order valence-corrected chi connectivity index (χ2v) is 26.0. The largest absolute Gasteiger partial charge is 0.456 e. The molecule has 0 saturated heterocycles. The molecule has 0 saturated carbocycles. The van der Waals surface area contributed by atoms with Gasteiger partial charge in [0.1, 0.15) is 28.6 Å². The predicted molar refractivity (Wildman–Crippen MR) is 408 cm³/mol. The first-order valence-electron chi connectivity index (χ1n) is 33.3. The van der Waals surface area contributed by atoms with Crippen molar-refractivity contribution in [3.05, 3.63) is 344 Å². The van der Waals surface area contributed by atoms with E-state index >= 15 is 0 Å². The van der Waals surface area contributed by atoms with E-state index < -0.39 is 0 Å². The predicted octanol–water partition coefficient (Wildman–Crippen LogP) is 26.7. The molecule has 0 radical (unpaired) electrons. The van der Waals surface area contributed by atoms with E-state index in [0.717, 1.165) is 151 Å². The van der Waals surface area contributed by atoms with Crippen LogP contribution in [0.2, 0.25) is 5.02 Å². The third kappa shape index (κ3) is 8.82. The minimum atomic E-state index is 0.684. The average Bonchev–Trinajstić information content (AvgIpc) is 0.729. The fraction of sp³-hybridized carbons (Fsp3) is 0.0110. The molecule has 2 aliphatic heterocycles. The summed E-state index contributed by atoms with van der Waals surface area (Å²) >= 11 is 6.47. The van der Waals surface area contributed by atoms with Gasteiger partial charge in [0.05, 0.1) is 28.4 Å². The molecule has 6 nitrogen and oxygen atoms in total. The van der Waals surface area contributed by atoms with Gasteiger partial charge < -0.3 is 28.6 Å². The van der Waals surface area contributed by atoms with E-state index in [1.54, 1.807) is 0 Å². The monoisotopic (exact) mass is 1270 g/mol. The minimum absolute atomic E-state index is 0.684. The number of rotatable bonds is 10. The molecule has 3 aliphatic rings. The topological polar surface area (TPSA) is 41.3 Å². The van der Waals surface area contributed by atoms with E-state index in [9.17, 15) is 0 Å². The van der Waals surface area contributed by atoms with Crippen molar-refractivity contribution in [1.29, 1.82) is 0 Å². The molecule has 460 valence electrons. The molecule has 98 heavy (non-hydrogen) atoms. The number of nitrogens with zero attached hydrogens (tertiary/aromatic N) is 3. The smallest absolute Gasteiger partial charge is 0.159 e. The average molecular weight is 1270 g/mol. The number of ether oxygens (including phenoxy) is 2. The second kappa shape index (κ2) is 22.3. The third-order valence-electron chi connectivity index (χ3n) is 20.0. The summed E-state index contributed by atoms with van der Waals surface area (Å²) in [7, 11) is 0. The Balaban J connectivity index is 0.000000142. The molecule has 0 N–H and O–H groups in total. The molecule has 0 fully saturated rings. The zero-order chi connectivity index (χ0) is 64.5. The van der Waals surface area contributed by atoms with Gasteiger partial charge in [0, 0.05) is 100 Å². The summed E-state index contributed by atoms with van der Waals surface area (Å²) in [5.74, 6) is 3.37. The van der Waals surface area contributed by atoms with Gasteiger partial charge in [-0.25, -0.2) is 0 Å². The normalized spacial score (nSPS) is 12.3. The van der Waals surface area contributed by atoms with Crippen molar-refractivity contribution in [2.24, 2.45) is 0 Å². The van der Waals surface area contributed by atoms with Gasteiger partial charge in [-0.15, -0.1) is 0 Å². The first kappa shape index (κ1) is 55.8. The Bertz CT molecular complexity index is 6310. The SMILES string of the molecule is Clc1cc2c3c(ccc4cc(N(c5ccccc5)c5cccc6c5Cc5ccccc5-6)c5cccc(c5c43)O2)c1.c1ccc(-c2cccc(N(c3ccccc3)c3cc4c5c(ccc6cc(N(c7ccccc7)c7cccc8c7oc7ccccc78)c7cccc(c7c65)O4)c3)c2)cc1. The third-order valence-corrected chi connectivity index (χ3v) is 20.2. The van der Waals surface area contributed by atoms with Crippen molar-refractivity contribution in [2.75, 3.05) is 14.7 Å². The lowest BCUT2D eigenvalue weighted by atomic mass is 9.91. The minimum Gasteiger partial charge on any atom is -0.456 e. The van der Waals surface area contributed by atoms with E-state index in [4.69, 9.17) is 25.5 Å². The summed E-state index contributed by atoms with van der Waals surface area (Å²) in [6.45, 7) is 0. The van der Waals surface area contributed by atoms with Crippen LogP contribution in [0.3, 0.4) is 0 Å². The van der Waals surface area contributed by atoms with E-state index in [0.29, 0.717) is 5.02 Å². The molecular formula is C91H56ClN3O3. The summed E-state index contributed by atoms with van der Waals surface area (Å²) in [6.07, 6.45) is 0.916. The van der Waals surface area contributed by atoms with Gasteiger partial charge in [-0.05, 0) is 158 Å². The Morgan fingerprint density at radius 2 is 0.755 bits per heavy atom. The maximum atomic E-state index is 7.03. The maximum absolute atomic E-state index is 7.03. The standard InChI is InChI=1S/C54H34N2O2.C37H22ClNO/c1-4-15-35(16-5-1)36-17-12-22-41(31-36)55(39-18-6-2-7-19-39)42-32-37-29-30-38-33-47(45-25-14-28-49-53(45)52(38)51(37)50(34-42)57-49)56(40-20-8-3-9-21-40)46-26-13-24-44-43-23-10-11-27-48(43)58-54(44)46;38-25-18-23-16-17-24-20-32(29-13-7-15-33-37(29)36(24)35(23)34(21-25)40-33)39(26-9-2-1-3-10-26)31-14-6-12-28-27-11-5-4-8-22(27)19-30(28)31/h1-34H;1-18,20-21H,19H2. The summed E-state index contributed by atoms with van der Waals surface area (Å²) in [4.78, 5) is 7.10. The molecule has 0 amide bonds. The number of anilines is 9. The fourth-order valence-electron chi connectivity index (χ4n) is 15.8. The number of benzene rings is 17. The van der Waals surface area contributed by atoms with Crippen molar-refractivity contribution < 1.29 is 13.9 Å². The van der Waals surface area contributed by atoms with Crippen LogP contribution < -0.4 is 24.2 Å². The highest BCUT2D eigenvalue weighted by Gasteiger charge is 2.31. The van der Waals surface area contributed by atoms with E-state index in [1.807, 2.05) is 24.3 Å². The molecule has 0 atom stereocenters. The van der Waals surface area contributed by atoms with Crippen LogP contribution in [0.15, 0.2) is 332 Å². The number of para-hydroxylation sites is 5. The van der Waals surface area contributed by atoms with Crippen LogP contribution >= 0.6 is 11.6 Å². The van der Waals surface area contributed by atoms with Crippen molar-refractivity contribution in [2.45, 2.75) is 6.42 Å². The van der Waals surface area contributed by atoms with Crippen molar-refractivity contribution >= 4 is 149 Å². The molecule has 0 bridgehead atoms. The Kier molecular flexibility index (Phi) is 12.7. The van der Waals surface area contributed by atoms with Crippen molar-refractivity contribution in [1.82, 2.24) is 0 Å². The Morgan fingerprint density at radius 3 is 1.43 bits per heavy atom. The van der Waals surface area contributed by atoms with Gasteiger partial charge in [0.2, 0.25) is 0 Å². The lowest BCUT2D eigenvalue weighted by molar-refractivity contribution is 0.492. The van der Waals surface area contributed by atoms with Crippen LogP contribution in [0.25, 0.3) is 109 Å². The van der Waals surface area contributed by atoms with Crippen molar-refractivity contribution in [3.8, 4) is 45.3 Å². The lowest BCUT2D eigenvalue weighted by Gasteiger charge is -2.30. The number of furan rings is 1. The molecule has 7 heteroatoms. The molecule has 1 aliphatic carbocycles. The summed E-state index contributed by atoms with van der Waals surface area (Å²) in [5.41, 5.74) is 19.2. The Morgan fingerprint density at radius 1 is 0.276 bits per heavy atom. The molecule has 17 aromatic carbocycles. The van der Waals surface area contributed by atoms with Gasteiger partial charge in [-0.3, -0.25) is 0 Å². The van der Waals surface area contributed by atoms with E-state index in [1.165, 1.54) is 49.7 Å². The Hall–Kier alpha value is -12.6. The number of hydrogen-bond donors (Lipinski definition) is 0. The van der Waals surface area contributed by atoms with Crippen LogP contribution in [-0.2, 0) is 6.42 Å². The van der Waals surface area contributed by atoms with Crippen LogP contribution in [0.1, 0.15) is 11.1 Å². The summed E-state index contributed by atoms with van der Waals surface area (Å²) in [5, 5.41) is 16.6. The lowest BCUT2D eigenvalue weighted by Crippen LogP contribution is -2.13. The first-order valence-corrected chi connectivity index (χ1v) is 33.6. The molecular weight excluding hydrogens is 1220 g/mol. The van der Waals surface area contributed by atoms with Gasteiger partial charge >= 0.3 is 0 Å². The first-order chi connectivity index (χ1) is 48.5. The zero-order valence-corrected chi connectivity index (χ0v) is 53.6. The number of halogens is 1. The highest BCUT2D eigenvalue weighted by atomic mass is 35.5. The molecule has 3 heterocycles. The van der Waals surface area contributed by atoms with Crippen molar-refractivity contribution in [3.63, 3.8) is 0 Å². The van der Waals surface area contributed by atoms with E-state index in [-0.39, 0.29) is 0 Å². The van der Waals surface area contributed by atoms with Crippen LogP contribution in [0.4, 0.5) is 51.2 Å². The molecule has 0 spiro atoms. The van der Waals surface area contributed by atoms with Gasteiger partial charge in [0.25, 0.3) is 0 Å². The highest BCUT2D eigenvalue weighted by molar-refractivity contribution is 6.34. The molecule has 0 unspecified atom stereocenters. The number of fused-ring (bicyclic) bond motifs is 6. The molecule has 21 rings (SSSR count). The number of hydrogen-bond acceptors (Lipinski definition) is 6. The molecule has 1 aromatic heterocycles. The zero-order valence-electron chi connectivity index (χ0n) is 52.8. The maximum Gasteiger partial charge on any atom is 0.159 e. The summed E-state index contributed by atoms with van der Waals surface area (Å²) < 4.78 is 20.2. The van der Waals surface area contributed by atoms with Crippen LogP contribution in [0.5, 0.6) is 23.0 Å². The fourth-order valence-corrected chi connectivity index (χ4v) is 16.1. The van der Waals surface area contributed by atoms with E-state index in [2.05, 4.69) is 318 Å². The van der Waals surface area contributed by atoms with Gasteiger partial charge in [0.15, 0.2) is 5.58 Å². The van der Waals surface area contributed by atoms with Gasteiger partial charge in [-0.2, -0.15) is 0 Å². The van der Waals surface area contributed by atoms with Gasteiger partial charge in [-0.1, -0.05) is 224 Å². The van der Waals surface area contributed by atoms with Crippen LogP contribution in [0, 0.1) is 0 Å². The summed E-state index contributed by atoms with van der Waals surface area (Å²) in [6, 6.07) is 116. The van der Waals surface area contributed by atoms with Crippen LogP contribution in [-0.4, -0.2) is 0 Å². The Labute approximate surface area is 569 Å². The second-order valence-electron chi connectivity index (χ2n) is 25.5.